The molecule has 4 rings (SSSR count). The van der Waals surface area contributed by atoms with E-state index in [2.05, 4.69) is 15.3 Å². The summed E-state index contributed by atoms with van der Waals surface area (Å²) in [6.07, 6.45) is 1.55. The minimum absolute atomic E-state index is 0.0213. The Bertz CT molecular complexity index is 1330. The Morgan fingerprint density at radius 1 is 1.03 bits per heavy atom. The van der Waals surface area contributed by atoms with Crippen LogP contribution in [0.4, 0.5) is 4.39 Å². The van der Waals surface area contributed by atoms with E-state index >= 15 is 0 Å². The topological polar surface area (TPSA) is 99.8 Å². The van der Waals surface area contributed by atoms with E-state index in [0.29, 0.717) is 22.3 Å². The minimum Gasteiger partial charge on any atom is -0.348 e. The number of H-pyrrole nitrogens is 2. The number of benzene rings is 2. The smallest absolute Gasteiger partial charge is 0.323 e. The number of nitrogens with one attached hydrogen (secondary N) is 3. The van der Waals surface area contributed by atoms with Crippen molar-refractivity contribution in [3.8, 4) is 5.69 Å². The van der Waals surface area contributed by atoms with Crippen molar-refractivity contribution in [3.05, 3.63) is 98.1 Å². The number of pyridine rings is 1. The number of aryl methyl sites for hydroxylation is 1. The van der Waals surface area contributed by atoms with Crippen LogP contribution in [0, 0.1) is 12.7 Å². The predicted octanol–water partition coefficient (Wildman–Crippen LogP) is 2.38. The van der Waals surface area contributed by atoms with Gasteiger partial charge >= 0.3 is 5.69 Å². The molecule has 0 unspecified atom stereocenters. The molecule has 0 fully saturated rings. The lowest BCUT2D eigenvalue weighted by Gasteiger charge is -2.11. The highest BCUT2D eigenvalue weighted by Crippen LogP contribution is 2.12. The third-order valence-electron chi connectivity index (χ3n) is 4.67. The normalized spacial score (nSPS) is 11.0. The summed E-state index contributed by atoms with van der Waals surface area (Å²) < 4.78 is 14.5. The zero-order chi connectivity index (χ0) is 20.5. The maximum absolute atomic E-state index is 13.2. The van der Waals surface area contributed by atoms with E-state index in [1.54, 1.807) is 37.4 Å². The summed E-state index contributed by atoms with van der Waals surface area (Å²) in [5.41, 5.74) is 2.31. The van der Waals surface area contributed by atoms with Crippen LogP contribution >= 0.6 is 0 Å². The predicted molar refractivity (Wildman–Crippen MR) is 107 cm³/mol. The molecular weight excluding hydrogens is 375 g/mol. The van der Waals surface area contributed by atoms with E-state index in [-0.39, 0.29) is 17.8 Å². The van der Waals surface area contributed by atoms with Gasteiger partial charge in [0.25, 0.3) is 11.5 Å². The summed E-state index contributed by atoms with van der Waals surface area (Å²) >= 11 is 0. The third kappa shape index (κ3) is 3.60. The van der Waals surface area contributed by atoms with E-state index in [1.807, 2.05) is 0 Å². The highest BCUT2D eigenvalue weighted by atomic mass is 19.1. The number of nitrogens with zero attached hydrogens (tertiary/aromatic N) is 1. The first kappa shape index (κ1) is 18.4. The van der Waals surface area contributed by atoms with Gasteiger partial charge in [0.2, 0.25) is 0 Å². The Balaban J connectivity index is 1.60. The van der Waals surface area contributed by atoms with Crippen molar-refractivity contribution in [2.24, 2.45) is 0 Å². The van der Waals surface area contributed by atoms with Gasteiger partial charge in [0.15, 0.2) is 0 Å². The molecule has 0 saturated heterocycles. The van der Waals surface area contributed by atoms with Crippen molar-refractivity contribution in [1.29, 1.82) is 0 Å². The zero-order valence-electron chi connectivity index (χ0n) is 15.5. The first-order chi connectivity index (χ1) is 13.9. The van der Waals surface area contributed by atoms with Gasteiger partial charge in [-0.1, -0.05) is 6.07 Å². The number of carbonyl (C=O) groups excluding carboxylic acids is 1. The van der Waals surface area contributed by atoms with Crippen molar-refractivity contribution in [2.75, 3.05) is 0 Å². The number of hydrogen-bond acceptors (Lipinski definition) is 3. The molecule has 2 aromatic carbocycles. The lowest BCUT2D eigenvalue weighted by Crippen LogP contribution is -2.33. The number of aromatic amines is 2. The molecule has 7 nitrogen and oxygen atoms in total. The first-order valence-electron chi connectivity index (χ1n) is 8.90. The Labute approximate surface area is 163 Å². The number of rotatable bonds is 4. The van der Waals surface area contributed by atoms with Gasteiger partial charge in [-0.15, -0.1) is 0 Å². The number of imidazole rings is 1. The Hall–Kier alpha value is -3.94. The molecule has 0 aliphatic heterocycles. The van der Waals surface area contributed by atoms with Crippen LogP contribution in [0.3, 0.4) is 0 Å². The van der Waals surface area contributed by atoms with Crippen molar-refractivity contribution in [1.82, 2.24) is 19.9 Å². The highest BCUT2D eigenvalue weighted by Gasteiger charge is 2.16. The quantitative estimate of drug-likeness (QED) is 0.497. The summed E-state index contributed by atoms with van der Waals surface area (Å²) in [7, 11) is 0. The van der Waals surface area contributed by atoms with Crippen LogP contribution in [0.1, 0.15) is 21.5 Å². The molecule has 0 aliphatic rings. The fraction of sp³-hybridized carbons (Fsp3) is 0.0952. The maximum atomic E-state index is 13.2. The number of hydrogen-bond donors (Lipinski definition) is 3. The second-order valence-electron chi connectivity index (χ2n) is 6.67. The summed E-state index contributed by atoms with van der Waals surface area (Å²) in [6, 6.07) is 12.4. The fourth-order valence-corrected chi connectivity index (χ4v) is 3.17. The van der Waals surface area contributed by atoms with Crippen LogP contribution in [-0.4, -0.2) is 20.4 Å². The van der Waals surface area contributed by atoms with Crippen LogP contribution in [0.25, 0.3) is 16.7 Å². The molecule has 4 aromatic rings. The van der Waals surface area contributed by atoms with Crippen molar-refractivity contribution in [2.45, 2.75) is 13.5 Å². The molecule has 146 valence electrons. The Morgan fingerprint density at radius 3 is 2.52 bits per heavy atom. The van der Waals surface area contributed by atoms with Gasteiger partial charge in [-0.2, -0.15) is 0 Å². The van der Waals surface area contributed by atoms with Crippen LogP contribution < -0.4 is 16.6 Å². The van der Waals surface area contributed by atoms with Gasteiger partial charge < -0.3 is 15.3 Å². The largest absolute Gasteiger partial charge is 0.348 e. The van der Waals surface area contributed by atoms with E-state index in [9.17, 15) is 18.8 Å². The number of aromatic nitrogens is 3. The lowest BCUT2D eigenvalue weighted by molar-refractivity contribution is 0.0948. The number of fused-ring (bicyclic) bond motifs is 1. The van der Waals surface area contributed by atoms with Crippen LogP contribution in [-0.2, 0) is 6.54 Å². The standard InChI is InChI=1S/C21H17FN4O3/c1-12-8-9-26(15-5-3-14(22)4-6-15)20(28)18(12)19(27)23-11-13-2-7-16-17(10-13)25-21(29)24-16/h2-10H,11H2,1H3,(H,23,27)(H2,24,25,29). The van der Waals surface area contributed by atoms with Crippen molar-refractivity contribution < 1.29 is 9.18 Å². The maximum Gasteiger partial charge on any atom is 0.323 e. The highest BCUT2D eigenvalue weighted by molar-refractivity contribution is 5.95. The molecule has 29 heavy (non-hydrogen) atoms. The van der Waals surface area contributed by atoms with E-state index in [4.69, 9.17) is 0 Å². The number of amides is 1. The molecule has 8 heteroatoms. The van der Waals surface area contributed by atoms with Gasteiger partial charge in [-0.05, 0) is 60.5 Å². The molecule has 0 radical (unpaired) electrons. The fourth-order valence-electron chi connectivity index (χ4n) is 3.17. The van der Waals surface area contributed by atoms with Crippen LogP contribution in [0.15, 0.2) is 64.3 Å². The first-order valence-corrected chi connectivity index (χ1v) is 8.90. The molecule has 0 saturated carbocycles. The molecule has 0 atom stereocenters. The molecule has 2 aromatic heterocycles. The summed E-state index contributed by atoms with van der Waals surface area (Å²) in [4.78, 5) is 42.3. The van der Waals surface area contributed by atoms with Crippen LogP contribution in [0.2, 0.25) is 0 Å². The van der Waals surface area contributed by atoms with E-state index in [1.165, 1.54) is 28.8 Å². The van der Waals surface area contributed by atoms with E-state index < -0.39 is 17.3 Å². The van der Waals surface area contributed by atoms with Crippen molar-refractivity contribution in [3.63, 3.8) is 0 Å². The third-order valence-corrected chi connectivity index (χ3v) is 4.67. The van der Waals surface area contributed by atoms with Gasteiger partial charge in [0.05, 0.1) is 11.0 Å². The molecule has 0 bridgehead atoms. The molecule has 0 aliphatic carbocycles. The molecule has 0 spiro atoms. The average Bonchev–Trinajstić information content (AvgIpc) is 3.06. The second kappa shape index (κ2) is 7.23. The Kier molecular flexibility index (Phi) is 4.59. The number of halogens is 1. The van der Waals surface area contributed by atoms with Gasteiger partial charge in [0, 0.05) is 18.4 Å². The number of carbonyl (C=O) groups is 1. The average molecular weight is 392 g/mol. The summed E-state index contributed by atoms with van der Waals surface area (Å²) in [5, 5.41) is 2.74. The summed E-state index contributed by atoms with van der Waals surface area (Å²) in [6.45, 7) is 1.87. The SMILES string of the molecule is Cc1ccn(-c2ccc(F)cc2)c(=O)c1C(=O)NCc1ccc2[nH]c(=O)[nH]c2c1. The zero-order valence-corrected chi connectivity index (χ0v) is 15.5. The molecular formula is C21H17FN4O3. The molecule has 2 heterocycles. The van der Waals surface area contributed by atoms with Crippen molar-refractivity contribution >= 4 is 16.9 Å². The lowest BCUT2D eigenvalue weighted by atomic mass is 10.1. The monoisotopic (exact) mass is 392 g/mol. The van der Waals surface area contributed by atoms with Crippen LogP contribution in [0.5, 0.6) is 0 Å². The van der Waals surface area contributed by atoms with Gasteiger partial charge in [0.1, 0.15) is 11.4 Å². The minimum atomic E-state index is -0.508. The van der Waals surface area contributed by atoms with Gasteiger partial charge in [-0.25, -0.2) is 9.18 Å². The summed E-state index contributed by atoms with van der Waals surface area (Å²) in [5.74, 6) is -0.917. The second-order valence-corrected chi connectivity index (χ2v) is 6.67. The molecule has 3 N–H and O–H groups in total. The Morgan fingerprint density at radius 2 is 1.76 bits per heavy atom. The van der Waals surface area contributed by atoms with E-state index in [0.717, 1.165) is 5.56 Å². The van der Waals surface area contributed by atoms with Gasteiger partial charge in [-0.3, -0.25) is 14.2 Å². The molecule has 1 amide bonds.